The first-order valence-electron chi connectivity index (χ1n) is 6.39. The maximum Gasteiger partial charge on any atom is 0.238 e. The molecule has 1 aliphatic carbocycles. The lowest BCUT2D eigenvalue weighted by Gasteiger charge is -2.12. The van der Waals surface area contributed by atoms with Gasteiger partial charge in [-0.05, 0) is 30.5 Å². The van der Waals surface area contributed by atoms with Crippen LogP contribution in [0.5, 0.6) is 0 Å². The summed E-state index contributed by atoms with van der Waals surface area (Å²) in [5, 5.41) is 4.71. The Labute approximate surface area is 119 Å². The van der Waals surface area contributed by atoms with Crippen LogP contribution in [0.1, 0.15) is 31.2 Å². The summed E-state index contributed by atoms with van der Waals surface area (Å²) in [7, 11) is -7.11. The molecular weight excluding hydrogens is 300 g/mol. The fraction of sp³-hybridized carbons (Fsp3) is 0.500. The summed E-state index contributed by atoms with van der Waals surface area (Å²) in [6, 6.07) is 5.96. The number of benzene rings is 1. The zero-order valence-corrected chi connectivity index (χ0v) is 12.6. The van der Waals surface area contributed by atoms with E-state index in [2.05, 4.69) is 4.72 Å². The molecule has 2 rings (SSSR count). The van der Waals surface area contributed by atoms with Crippen LogP contribution in [-0.2, 0) is 26.6 Å². The van der Waals surface area contributed by atoms with E-state index in [1.54, 1.807) is 12.1 Å². The molecule has 0 aliphatic heterocycles. The number of hydrogen-bond donors (Lipinski definition) is 2. The van der Waals surface area contributed by atoms with Crippen molar-refractivity contribution in [3.8, 4) is 0 Å². The van der Waals surface area contributed by atoms with Crippen molar-refractivity contribution in [3.63, 3.8) is 0 Å². The monoisotopic (exact) mass is 318 g/mol. The van der Waals surface area contributed by atoms with Crippen molar-refractivity contribution < 1.29 is 16.8 Å². The minimum atomic E-state index is -3.77. The molecule has 0 radical (unpaired) electrons. The fourth-order valence-electron chi connectivity index (χ4n) is 2.33. The van der Waals surface area contributed by atoms with Crippen LogP contribution in [0.2, 0.25) is 0 Å². The predicted molar refractivity (Wildman–Crippen MR) is 75.8 cm³/mol. The summed E-state index contributed by atoms with van der Waals surface area (Å²) in [4.78, 5) is -0.0185. The molecule has 112 valence electrons. The Morgan fingerprint density at radius 1 is 1.15 bits per heavy atom. The summed E-state index contributed by atoms with van der Waals surface area (Å²) in [5.41, 5.74) is 0.568. The topological polar surface area (TPSA) is 106 Å². The van der Waals surface area contributed by atoms with Crippen molar-refractivity contribution in [3.05, 3.63) is 29.8 Å². The number of rotatable bonds is 5. The zero-order valence-electron chi connectivity index (χ0n) is 10.9. The van der Waals surface area contributed by atoms with E-state index in [1.165, 1.54) is 12.1 Å². The summed E-state index contributed by atoms with van der Waals surface area (Å²) in [6.45, 7) is 0.0716. The van der Waals surface area contributed by atoms with Gasteiger partial charge in [0.25, 0.3) is 0 Å². The minimum absolute atomic E-state index is 0.0185. The molecule has 1 aromatic carbocycles. The molecule has 0 bridgehead atoms. The lowest BCUT2D eigenvalue weighted by Crippen LogP contribution is -2.32. The number of sulfonamides is 2. The Bertz CT molecular complexity index is 677. The Balaban J connectivity index is 2.08. The van der Waals surface area contributed by atoms with Gasteiger partial charge in [0.05, 0.1) is 10.1 Å². The predicted octanol–water partition coefficient (Wildman–Crippen LogP) is 0.696. The van der Waals surface area contributed by atoms with E-state index in [0.717, 1.165) is 12.8 Å². The van der Waals surface area contributed by atoms with Gasteiger partial charge in [0.2, 0.25) is 20.0 Å². The second-order valence-corrected chi connectivity index (χ2v) is 8.57. The van der Waals surface area contributed by atoms with E-state index < -0.39 is 20.0 Å². The molecule has 1 aliphatic rings. The van der Waals surface area contributed by atoms with Crippen molar-refractivity contribution in [1.29, 1.82) is 0 Å². The zero-order chi connectivity index (χ0) is 14.8. The van der Waals surface area contributed by atoms with E-state index in [4.69, 9.17) is 5.14 Å². The Morgan fingerprint density at radius 3 is 2.40 bits per heavy atom. The number of nitrogens with one attached hydrogen (secondary N) is 1. The molecule has 0 unspecified atom stereocenters. The van der Waals surface area contributed by atoms with Gasteiger partial charge in [-0.15, -0.1) is 0 Å². The van der Waals surface area contributed by atoms with Crippen LogP contribution in [0.3, 0.4) is 0 Å². The normalized spacial score (nSPS) is 17.4. The highest BCUT2D eigenvalue weighted by molar-refractivity contribution is 7.90. The molecule has 0 saturated heterocycles. The fourth-order valence-corrected chi connectivity index (χ4v) is 4.47. The summed E-state index contributed by atoms with van der Waals surface area (Å²) >= 11 is 0. The van der Waals surface area contributed by atoms with Crippen LogP contribution >= 0.6 is 0 Å². The third kappa shape index (κ3) is 3.78. The van der Waals surface area contributed by atoms with Crippen LogP contribution in [0.25, 0.3) is 0 Å². The summed E-state index contributed by atoms with van der Waals surface area (Å²) in [5.74, 6) is 0. The molecule has 0 aromatic heterocycles. The number of primary sulfonamides is 1. The van der Waals surface area contributed by atoms with Crippen LogP contribution < -0.4 is 9.86 Å². The van der Waals surface area contributed by atoms with Gasteiger partial charge in [-0.3, -0.25) is 0 Å². The van der Waals surface area contributed by atoms with E-state index in [1.807, 2.05) is 0 Å². The first-order chi connectivity index (χ1) is 9.29. The molecule has 1 aromatic rings. The summed E-state index contributed by atoms with van der Waals surface area (Å²) < 4.78 is 49.1. The average Bonchev–Trinajstić information content (AvgIpc) is 2.90. The van der Waals surface area contributed by atoms with Crippen molar-refractivity contribution in [1.82, 2.24) is 4.72 Å². The molecule has 20 heavy (non-hydrogen) atoms. The molecule has 3 N–H and O–H groups in total. The average molecular weight is 318 g/mol. The SMILES string of the molecule is NS(=O)(=O)c1cccc(CNS(=O)(=O)C2CCCC2)c1. The second kappa shape index (κ2) is 5.80. The van der Waals surface area contributed by atoms with Crippen molar-refractivity contribution in [2.45, 2.75) is 42.4 Å². The van der Waals surface area contributed by atoms with Crippen LogP contribution in [-0.4, -0.2) is 22.1 Å². The highest BCUT2D eigenvalue weighted by Gasteiger charge is 2.28. The first-order valence-corrected chi connectivity index (χ1v) is 9.48. The van der Waals surface area contributed by atoms with Gasteiger partial charge < -0.3 is 0 Å². The number of nitrogens with two attached hydrogens (primary N) is 1. The largest absolute Gasteiger partial charge is 0.238 e. The third-order valence-electron chi connectivity index (χ3n) is 3.45. The molecule has 0 atom stereocenters. The van der Waals surface area contributed by atoms with E-state index >= 15 is 0 Å². The number of hydrogen-bond acceptors (Lipinski definition) is 4. The van der Waals surface area contributed by atoms with E-state index in [-0.39, 0.29) is 16.7 Å². The van der Waals surface area contributed by atoms with Gasteiger partial charge in [0.1, 0.15) is 0 Å². The lowest BCUT2D eigenvalue weighted by atomic mass is 10.2. The van der Waals surface area contributed by atoms with Crippen LogP contribution in [0.15, 0.2) is 29.2 Å². The maximum absolute atomic E-state index is 12.0. The molecular formula is C12H18N2O4S2. The van der Waals surface area contributed by atoms with Gasteiger partial charge in [-0.1, -0.05) is 25.0 Å². The Morgan fingerprint density at radius 2 is 1.80 bits per heavy atom. The van der Waals surface area contributed by atoms with Crippen LogP contribution in [0.4, 0.5) is 0 Å². The standard InChI is InChI=1S/C12H18N2O4S2/c13-19(15,16)12-7-3-4-10(8-12)9-14-20(17,18)11-5-1-2-6-11/h3-4,7-8,11,14H,1-2,5-6,9H2,(H2,13,15,16). The quantitative estimate of drug-likeness (QED) is 0.833. The van der Waals surface area contributed by atoms with Gasteiger partial charge in [0.15, 0.2) is 0 Å². The van der Waals surface area contributed by atoms with Crippen molar-refractivity contribution in [2.75, 3.05) is 0 Å². The Hall–Kier alpha value is -0.960. The van der Waals surface area contributed by atoms with Gasteiger partial charge in [0, 0.05) is 6.54 Å². The maximum atomic E-state index is 12.0. The molecule has 8 heteroatoms. The highest BCUT2D eigenvalue weighted by Crippen LogP contribution is 2.24. The molecule has 1 saturated carbocycles. The first kappa shape index (κ1) is 15.4. The van der Waals surface area contributed by atoms with Gasteiger partial charge in [-0.2, -0.15) is 0 Å². The highest BCUT2D eigenvalue weighted by atomic mass is 32.2. The molecule has 0 amide bonds. The Kier molecular flexibility index (Phi) is 4.48. The minimum Gasteiger partial charge on any atom is -0.225 e. The van der Waals surface area contributed by atoms with Crippen LogP contribution in [0, 0.1) is 0 Å². The van der Waals surface area contributed by atoms with Gasteiger partial charge in [-0.25, -0.2) is 26.7 Å². The third-order valence-corrected chi connectivity index (χ3v) is 6.25. The molecule has 0 spiro atoms. The van der Waals surface area contributed by atoms with Crippen molar-refractivity contribution >= 4 is 20.0 Å². The second-order valence-electron chi connectivity index (χ2n) is 4.97. The molecule has 1 fully saturated rings. The smallest absolute Gasteiger partial charge is 0.225 e. The lowest BCUT2D eigenvalue weighted by molar-refractivity contribution is 0.564. The summed E-state index contributed by atoms with van der Waals surface area (Å²) in [6.07, 6.45) is 3.25. The van der Waals surface area contributed by atoms with Crippen molar-refractivity contribution in [2.24, 2.45) is 5.14 Å². The molecule has 6 nitrogen and oxygen atoms in total. The molecule has 0 heterocycles. The van der Waals surface area contributed by atoms with E-state index in [9.17, 15) is 16.8 Å². The van der Waals surface area contributed by atoms with Gasteiger partial charge >= 0.3 is 0 Å². The van der Waals surface area contributed by atoms with E-state index in [0.29, 0.717) is 18.4 Å².